The predicted molar refractivity (Wildman–Crippen MR) is 58.9 cm³/mol. The normalized spacial score (nSPS) is 11.4. The number of halogens is 2. The number of phenols is 1. The van der Waals surface area contributed by atoms with E-state index in [1.54, 1.807) is 0 Å². The van der Waals surface area contributed by atoms with Crippen LogP contribution in [0.15, 0.2) is 18.2 Å². The van der Waals surface area contributed by atoms with Gasteiger partial charge in [0.15, 0.2) is 0 Å². The Morgan fingerprint density at radius 2 is 2.25 bits per heavy atom. The second-order valence-corrected chi connectivity index (χ2v) is 3.09. The molecular formula is C10H13ClFNO3. The molecule has 0 bridgehead atoms. The highest BCUT2D eigenvalue weighted by molar-refractivity contribution is 5.85. The van der Waals surface area contributed by atoms with Crippen molar-refractivity contribution in [3.8, 4) is 5.75 Å². The van der Waals surface area contributed by atoms with Crippen LogP contribution in [0.25, 0.3) is 0 Å². The Morgan fingerprint density at radius 3 is 2.75 bits per heavy atom. The maximum absolute atomic E-state index is 13.3. The van der Waals surface area contributed by atoms with Gasteiger partial charge in [-0.1, -0.05) is 6.07 Å². The van der Waals surface area contributed by atoms with Gasteiger partial charge in [0.1, 0.15) is 11.6 Å². The number of benzene rings is 1. The van der Waals surface area contributed by atoms with Crippen molar-refractivity contribution < 1.29 is 19.0 Å². The van der Waals surface area contributed by atoms with Gasteiger partial charge in [-0.15, -0.1) is 12.4 Å². The first-order chi connectivity index (χ1) is 7.04. The molecule has 0 saturated carbocycles. The molecule has 0 unspecified atom stereocenters. The molecule has 0 spiro atoms. The number of phenolic OH excluding ortho intramolecular Hbond substituents is 1. The Morgan fingerprint density at radius 1 is 1.62 bits per heavy atom. The number of hydrogen-bond acceptors (Lipinski definition) is 4. The number of ether oxygens (including phenoxy) is 1. The second-order valence-electron chi connectivity index (χ2n) is 3.09. The van der Waals surface area contributed by atoms with E-state index in [0.29, 0.717) is 0 Å². The summed E-state index contributed by atoms with van der Waals surface area (Å²) in [5, 5.41) is 8.97. The molecule has 0 fully saturated rings. The monoisotopic (exact) mass is 249 g/mol. The fourth-order valence-corrected chi connectivity index (χ4v) is 1.19. The molecule has 3 N–H and O–H groups in total. The van der Waals surface area contributed by atoms with Crippen molar-refractivity contribution in [3.63, 3.8) is 0 Å². The summed E-state index contributed by atoms with van der Waals surface area (Å²) >= 11 is 0. The standard InChI is InChI=1S/C10H12FNO3.ClH/c1-15-10(14)5-9(12)7-3-2-6(13)4-8(7)11;/h2-4,9,13H,5,12H2,1H3;1H/t9-;/m1./s1. The van der Waals surface area contributed by atoms with Crippen LogP contribution in [0.2, 0.25) is 0 Å². The molecule has 1 atom stereocenters. The van der Waals surface area contributed by atoms with Gasteiger partial charge in [-0.3, -0.25) is 4.79 Å². The first-order valence-electron chi connectivity index (χ1n) is 4.35. The maximum atomic E-state index is 13.3. The topological polar surface area (TPSA) is 72.5 Å². The molecule has 0 aliphatic carbocycles. The number of methoxy groups -OCH3 is 1. The zero-order valence-corrected chi connectivity index (χ0v) is 9.46. The Kier molecular flexibility index (Phi) is 5.77. The first kappa shape index (κ1) is 14.7. The Hall–Kier alpha value is -1.33. The molecule has 90 valence electrons. The lowest BCUT2D eigenvalue weighted by Gasteiger charge is -2.11. The third-order valence-corrected chi connectivity index (χ3v) is 2.00. The summed E-state index contributed by atoms with van der Waals surface area (Å²) < 4.78 is 17.7. The number of carbonyl (C=O) groups is 1. The Bertz CT molecular complexity index is 373. The average Bonchev–Trinajstić information content (AvgIpc) is 2.17. The van der Waals surface area contributed by atoms with Crippen molar-refractivity contribution >= 4 is 18.4 Å². The minimum absolute atomic E-state index is 0. The highest BCUT2D eigenvalue weighted by atomic mass is 35.5. The van der Waals surface area contributed by atoms with E-state index < -0.39 is 17.8 Å². The summed E-state index contributed by atoms with van der Waals surface area (Å²) in [6.45, 7) is 0. The fourth-order valence-electron chi connectivity index (χ4n) is 1.19. The molecule has 1 aromatic rings. The van der Waals surface area contributed by atoms with E-state index in [2.05, 4.69) is 4.74 Å². The maximum Gasteiger partial charge on any atom is 0.307 e. The fraction of sp³-hybridized carbons (Fsp3) is 0.300. The Balaban J connectivity index is 0.00000225. The van der Waals surface area contributed by atoms with Crippen LogP contribution in [0, 0.1) is 5.82 Å². The predicted octanol–water partition coefficient (Wildman–Crippen LogP) is 1.52. The summed E-state index contributed by atoms with van der Waals surface area (Å²) in [7, 11) is 1.24. The number of aromatic hydroxyl groups is 1. The molecule has 0 aliphatic rings. The van der Waals surface area contributed by atoms with Crippen LogP contribution in [0.5, 0.6) is 5.75 Å². The molecule has 0 saturated heterocycles. The van der Waals surface area contributed by atoms with Gasteiger partial charge in [0.2, 0.25) is 0 Å². The number of hydrogen-bond donors (Lipinski definition) is 2. The van der Waals surface area contributed by atoms with Crippen molar-refractivity contribution in [2.45, 2.75) is 12.5 Å². The van der Waals surface area contributed by atoms with E-state index >= 15 is 0 Å². The van der Waals surface area contributed by atoms with Crippen LogP contribution < -0.4 is 5.73 Å². The van der Waals surface area contributed by atoms with Crippen LogP contribution in [-0.2, 0) is 9.53 Å². The highest BCUT2D eigenvalue weighted by Crippen LogP contribution is 2.21. The lowest BCUT2D eigenvalue weighted by molar-refractivity contribution is -0.141. The van der Waals surface area contributed by atoms with Gasteiger partial charge in [0, 0.05) is 17.7 Å². The molecule has 6 heteroatoms. The summed E-state index contributed by atoms with van der Waals surface area (Å²) in [6, 6.07) is 2.85. The van der Waals surface area contributed by atoms with E-state index in [1.807, 2.05) is 0 Å². The SMILES string of the molecule is COC(=O)C[C@@H](N)c1ccc(O)cc1F.Cl. The van der Waals surface area contributed by atoms with Crippen LogP contribution in [0.1, 0.15) is 18.0 Å². The lowest BCUT2D eigenvalue weighted by atomic mass is 10.0. The molecule has 4 nitrogen and oxygen atoms in total. The number of esters is 1. The van der Waals surface area contributed by atoms with Gasteiger partial charge in [0.25, 0.3) is 0 Å². The smallest absolute Gasteiger partial charge is 0.307 e. The highest BCUT2D eigenvalue weighted by Gasteiger charge is 2.15. The van der Waals surface area contributed by atoms with Crippen molar-refractivity contribution in [2.75, 3.05) is 7.11 Å². The molecular weight excluding hydrogens is 237 g/mol. The molecule has 1 rings (SSSR count). The third-order valence-electron chi connectivity index (χ3n) is 2.00. The van der Waals surface area contributed by atoms with E-state index in [-0.39, 0.29) is 30.1 Å². The zero-order chi connectivity index (χ0) is 11.4. The van der Waals surface area contributed by atoms with Gasteiger partial charge in [0.05, 0.1) is 13.5 Å². The zero-order valence-electron chi connectivity index (χ0n) is 8.64. The lowest BCUT2D eigenvalue weighted by Crippen LogP contribution is -2.17. The summed E-state index contributed by atoms with van der Waals surface area (Å²) in [5.74, 6) is -1.32. The van der Waals surface area contributed by atoms with Crippen molar-refractivity contribution in [1.29, 1.82) is 0 Å². The molecule has 0 aromatic heterocycles. The van der Waals surface area contributed by atoms with Gasteiger partial charge in [-0.25, -0.2) is 4.39 Å². The van der Waals surface area contributed by atoms with Gasteiger partial charge in [-0.05, 0) is 6.07 Å². The Labute approximate surface area is 98.6 Å². The van der Waals surface area contributed by atoms with Gasteiger partial charge < -0.3 is 15.6 Å². The number of nitrogens with two attached hydrogens (primary N) is 1. The molecule has 0 amide bonds. The molecule has 16 heavy (non-hydrogen) atoms. The average molecular weight is 250 g/mol. The summed E-state index contributed by atoms with van der Waals surface area (Å²) in [5.41, 5.74) is 5.78. The van der Waals surface area contributed by atoms with E-state index in [4.69, 9.17) is 10.8 Å². The van der Waals surface area contributed by atoms with Gasteiger partial charge in [-0.2, -0.15) is 0 Å². The summed E-state index contributed by atoms with van der Waals surface area (Å²) in [4.78, 5) is 10.9. The second kappa shape index (κ2) is 6.30. The largest absolute Gasteiger partial charge is 0.508 e. The number of rotatable bonds is 3. The molecule has 1 aromatic carbocycles. The van der Waals surface area contributed by atoms with E-state index in [9.17, 15) is 9.18 Å². The van der Waals surface area contributed by atoms with Crippen LogP contribution in [0.4, 0.5) is 4.39 Å². The van der Waals surface area contributed by atoms with Crippen molar-refractivity contribution in [1.82, 2.24) is 0 Å². The van der Waals surface area contributed by atoms with Crippen molar-refractivity contribution in [2.24, 2.45) is 5.73 Å². The van der Waals surface area contributed by atoms with E-state index in [0.717, 1.165) is 6.07 Å². The minimum atomic E-state index is -0.766. The van der Waals surface area contributed by atoms with Crippen LogP contribution in [0.3, 0.4) is 0 Å². The minimum Gasteiger partial charge on any atom is -0.508 e. The van der Waals surface area contributed by atoms with E-state index in [1.165, 1.54) is 19.2 Å². The molecule has 0 heterocycles. The van der Waals surface area contributed by atoms with Crippen LogP contribution >= 0.6 is 12.4 Å². The molecule has 0 radical (unpaired) electrons. The third kappa shape index (κ3) is 3.67. The first-order valence-corrected chi connectivity index (χ1v) is 4.35. The number of carbonyl (C=O) groups excluding carboxylic acids is 1. The van der Waals surface area contributed by atoms with Crippen LogP contribution in [-0.4, -0.2) is 18.2 Å². The van der Waals surface area contributed by atoms with Gasteiger partial charge >= 0.3 is 5.97 Å². The molecule has 0 aliphatic heterocycles. The summed E-state index contributed by atoms with van der Waals surface area (Å²) in [6.07, 6.45) is -0.0990. The quantitative estimate of drug-likeness (QED) is 0.797. The van der Waals surface area contributed by atoms with Crippen molar-refractivity contribution in [3.05, 3.63) is 29.6 Å².